The molecule has 20 heteroatoms. The third-order valence-electron chi connectivity index (χ3n) is 10.6. The van der Waals surface area contributed by atoms with Crippen LogP contribution in [0.2, 0.25) is 10.0 Å². The summed E-state index contributed by atoms with van der Waals surface area (Å²) in [5.74, 6) is -10.9. The maximum atomic E-state index is 14.4. The number of pyridine rings is 2. The Morgan fingerprint density at radius 2 is 1.25 bits per heavy atom. The molecule has 1 N–H and O–H groups in total. The van der Waals surface area contributed by atoms with Crippen molar-refractivity contribution in [2.24, 2.45) is 29.6 Å². The van der Waals surface area contributed by atoms with Crippen LogP contribution >= 0.6 is 23.2 Å². The molecule has 12 nitrogen and oxygen atoms in total. The minimum atomic E-state index is -4.88. The Kier molecular flexibility index (Phi) is 9.22. The lowest BCUT2D eigenvalue weighted by Gasteiger charge is -2.44. The van der Waals surface area contributed by atoms with Gasteiger partial charge in [-0.3, -0.25) is 29.2 Å². The topological polar surface area (TPSA) is 136 Å². The number of hydrogen-bond donors (Lipinski definition) is 1. The van der Waals surface area contributed by atoms with E-state index in [4.69, 9.17) is 27.9 Å². The van der Waals surface area contributed by atoms with Gasteiger partial charge in [0.15, 0.2) is 23.1 Å². The van der Waals surface area contributed by atoms with Gasteiger partial charge in [-0.2, -0.15) is 36.4 Å². The number of aromatic hydroxyl groups is 1. The van der Waals surface area contributed by atoms with Crippen molar-refractivity contribution < 1.29 is 55.4 Å². The zero-order valence-electron chi connectivity index (χ0n) is 28.7. The van der Waals surface area contributed by atoms with E-state index >= 15 is 0 Å². The zero-order valence-corrected chi connectivity index (χ0v) is 30.2. The lowest BCUT2D eigenvalue weighted by Crippen LogP contribution is -2.46. The number of halogens is 8. The standard InChI is InChI=1S/C35H28Cl2F6N6O6/c1-46(28-19(36)7-10-23(44-28)34(38,39)40)48-30(51)16-6-5-15-17(26(16)32(48)53)13-18-27(25(15)14-4-9-21(50)22(12-14)55-3)33(54)49(31(18)52)47(2)29-20(37)8-11-24(45-29)35(41,42)43/h4-5,7-12,16-18,25-27,50H,6,13H2,1-3H3/t16-,17+,18+,25-,26-,27+/m0/s1. The van der Waals surface area contributed by atoms with Gasteiger partial charge in [0.05, 0.1) is 40.8 Å². The minimum Gasteiger partial charge on any atom is -0.504 e. The number of carbonyl (C=O) groups is 4. The molecule has 3 aromatic rings. The molecule has 4 amide bonds. The summed E-state index contributed by atoms with van der Waals surface area (Å²) in [5.41, 5.74) is -1.76. The number of phenols is 1. The quantitative estimate of drug-likeness (QED) is 0.172. The Balaban J connectivity index is 1.30. The van der Waals surface area contributed by atoms with Crippen molar-refractivity contribution >= 4 is 58.5 Å². The number of allylic oxidation sites excluding steroid dienone is 2. The average molecular weight is 814 g/mol. The molecule has 1 saturated carbocycles. The number of benzene rings is 1. The van der Waals surface area contributed by atoms with Gasteiger partial charge in [-0.1, -0.05) is 40.9 Å². The summed E-state index contributed by atoms with van der Waals surface area (Å²) in [6.07, 6.45) is -8.27. The maximum Gasteiger partial charge on any atom is 0.433 e. The molecule has 2 aromatic heterocycles. The average Bonchev–Trinajstić information content (AvgIpc) is 3.53. The van der Waals surface area contributed by atoms with Crippen LogP contribution in [0.25, 0.3) is 0 Å². The highest BCUT2D eigenvalue weighted by molar-refractivity contribution is 6.33. The van der Waals surface area contributed by atoms with Crippen molar-refractivity contribution in [1.29, 1.82) is 0 Å². The van der Waals surface area contributed by atoms with Crippen LogP contribution in [0, 0.1) is 29.6 Å². The number of imide groups is 2. The molecule has 2 saturated heterocycles. The molecule has 55 heavy (non-hydrogen) atoms. The Bertz CT molecular complexity index is 2190. The second-order valence-corrected chi connectivity index (χ2v) is 14.3. The number of anilines is 2. The fourth-order valence-electron chi connectivity index (χ4n) is 8.23. The lowest BCUT2D eigenvalue weighted by atomic mass is 9.57. The number of fused-ring (bicyclic) bond motifs is 4. The predicted molar refractivity (Wildman–Crippen MR) is 181 cm³/mol. The van der Waals surface area contributed by atoms with Crippen LogP contribution in [-0.2, 0) is 31.5 Å². The van der Waals surface area contributed by atoms with E-state index in [-0.39, 0.29) is 34.4 Å². The number of methoxy groups -OCH3 is 1. The highest BCUT2D eigenvalue weighted by Gasteiger charge is 2.63. The molecule has 1 aromatic carbocycles. The first-order valence-corrected chi connectivity index (χ1v) is 17.3. The van der Waals surface area contributed by atoms with Crippen molar-refractivity contribution in [3.63, 3.8) is 0 Å². The molecule has 7 rings (SSSR count). The lowest BCUT2D eigenvalue weighted by molar-refractivity contribution is -0.143. The van der Waals surface area contributed by atoms with E-state index in [1.165, 1.54) is 25.3 Å². The second kappa shape index (κ2) is 13.3. The van der Waals surface area contributed by atoms with E-state index in [9.17, 15) is 50.6 Å². The number of phenolic OH excluding ortho intramolecular Hbond substituents is 1. The van der Waals surface area contributed by atoms with Crippen molar-refractivity contribution in [3.05, 3.63) is 81.1 Å². The molecule has 4 aliphatic rings. The van der Waals surface area contributed by atoms with E-state index < -0.39 is 94.5 Å². The second-order valence-electron chi connectivity index (χ2n) is 13.5. The van der Waals surface area contributed by atoms with Gasteiger partial charge in [0.2, 0.25) is 0 Å². The first-order chi connectivity index (χ1) is 25.8. The highest BCUT2D eigenvalue weighted by atomic mass is 35.5. The van der Waals surface area contributed by atoms with Gasteiger partial charge in [0, 0.05) is 20.0 Å². The summed E-state index contributed by atoms with van der Waals surface area (Å²) < 4.78 is 87.0. The van der Waals surface area contributed by atoms with E-state index in [1.54, 1.807) is 6.08 Å². The minimum absolute atomic E-state index is 0.0153. The van der Waals surface area contributed by atoms with E-state index in [0.717, 1.165) is 36.2 Å². The summed E-state index contributed by atoms with van der Waals surface area (Å²) in [5, 5.41) is 12.8. The van der Waals surface area contributed by atoms with Crippen molar-refractivity contribution in [1.82, 2.24) is 20.0 Å². The fraction of sp³-hybridized carbons (Fsp3) is 0.371. The van der Waals surface area contributed by atoms with Crippen LogP contribution in [0.4, 0.5) is 38.0 Å². The molecule has 0 spiro atoms. The van der Waals surface area contributed by atoms with Crippen molar-refractivity contribution in [2.75, 3.05) is 31.2 Å². The predicted octanol–water partition coefficient (Wildman–Crippen LogP) is 6.27. The third-order valence-corrected chi connectivity index (χ3v) is 11.2. The molecular formula is C35H28Cl2F6N6O6. The summed E-state index contributed by atoms with van der Waals surface area (Å²) >= 11 is 12.5. The Morgan fingerprint density at radius 3 is 1.76 bits per heavy atom. The number of nitrogens with zero attached hydrogens (tertiary/aromatic N) is 6. The summed E-state index contributed by atoms with van der Waals surface area (Å²) in [7, 11) is 3.61. The van der Waals surface area contributed by atoms with Crippen LogP contribution in [0.5, 0.6) is 11.5 Å². The van der Waals surface area contributed by atoms with Gasteiger partial charge in [0.1, 0.15) is 11.4 Å². The molecule has 0 bridgehead atoms. The summed E-state index contributed by atoms with van der Waals surface area (Å²) in [4.78, 5) is 64.2. The number of hydrogen-bond acceptors (Lipinski definition) is 10. The Morgan fingerprint density at radius 1 is 0.745 bits per heavy atom. The van der Waals surface area contributed by atoms with Crippen LogP contribution in [0.15, 0.2) is 54.1 Å². The fourth-order valence-corrected chi connectivity index (χ4v) is 8.69. The van der Waals surface area contributed by atoms with Gasteiger partial charge < -0.3 is 9.84 Å². The van der Waals surface area contributed by atoms with Gasteiger partial charge >= 0.3 is 12.4 Å². The molecular weight excluding hydrogens is 785 g/mol. The first kappa shape index (κ1) is 38.2. The molecule has 0 radical (unpaired) electrons. The Labute approximate surface area is 317 Å². The van der Waals surface area contributed by atoms with Gasteiger partial charge in [-0.15, -0.1) is 0 Å². The molecule has 6 atom stereocenters. The largest absolute Gasteiger partial charge is 0.504 e. The number of amides is 4. The molecule has 3 fully saturated rings. The van der Waals surface area contributed by atoms with Crippen molar-refractivity contribution in [2.45, 2.75) is 31.1 Å². The monoisotopic (exact) mass is 812 g/mol. The maximum absolute atomic E-state index is 14.4. The number of alkyl halides is 6. The molecule has 4 heterocycles. The zero-order chi connectivity index (χ0) is 40.0. The van der Waals surface area contributed by atoms with Gasteiger partial charge in [-0.05, 0) is 60.7 Å². The molecule has 290 valence electrons. The van der Waals surface area contributed by atoms with E-state index in [1.807, 2.05) is 0 Å². The van der Waals surface area contributed by atoms with Crippen LogP contribution in [0.1, 0.15) is 35.7 Å². The van der Waals surface area contributed by atoms with E-state index in [0.29, 0.717) is 33.3 Å². The Hall–Kier alpha value is -5.10. The summed E-state index contributed by atoms with van der Waals surface area (Å²) in [6.45, 7) is 0. The highest BCUT2D eigenvalue weighted by Crippen LogP contribution is 2.59. The molecule has 2 aliphatic carbocycles. The summed E-state index contributed by atoms with van der Waals surface area (Å²) in [6, 6.07) is 7.41. The van der Waals surface area contributed by atoms with Gasteiger partial charge in [-0.25, -0.2) is 9.97 Å². The van der Waals surface area contributed by atoms with Crippen LogP contribution < -0.4 is 14.8 Å². The number of ether oxygens (including phenoxy) is 1. The van der Waals surface area contributed by atoms with Gasteiger partial charge in [0.25, 0.3) is 23.6 Å². The van der Waals surface area contributed by atoms with E-state index in [2.05, 4.69) is 9.97 Å². The third kappa shape index (κ3) is 6.09. The first-order valence-electron chi connectivity index (χ1n) is 16.5. The van der Waals surface area contributed by atoms with Crippen molar-refractivity contribution in [3.8, 4) is 11.5 Å². The normalized spacial score (nSPS) is 25.1. The molecule has 0 unspecified atom stereocenters. The number of rotatable bonds is 6. The van der Waals surface area contributed by atoms with Crippen LogP contribution in [0.3, 0.4) is 0 Å². The molecule has 2 aliphatic heterocycles. The SMILES string of the molecule is COc1cc([C@H]2C3=CC[C@@H]4C(=O)N(N(C)c5nc(C(F)(F)F)ccc5Cl)C(=O)[C@@H]4[C@@H]3C[C@H]3C(=O)N(N(C)c4nc(C(F)(F)F)ccc4Cl)C(=O)[C@@H]23)ccc1O. The number of hydrazine groups is 2. The number of carbonyl (C=O) groups excluding carboxylic acids is 4. The number of aromatic nitrogens is 2. The smallest absolute Gasteiger partial charge is 0.433 e. The van der Waals surface area contributed by atoms with Crippen LogP contribution in [-0.4, -0.2) is 69.9 Å².